The number of aliphatic hydroxyl groups is 5. The second-order valence-corrected chi connectivity index (χ2v) is 21.6. The van der Waals surface area contributed by atoms with E-state index >= 15 is 0 Å². The van der Waals surface area contributed by atoms with Crippen LogP contribution in [0, 0.1) is 17.3 Å². The highest BCUT2D eigenvalue weighted by Gasteiger charge is 2.50. The highest BCUT2D eigenvalue weighted by Crippen LogP contribution is 2.47. The van der Waals surface area contributed by atoms with Crippen molar-refractivity contribution in [1.29, 1.82) is 0 Å². The number of Topliss-reactive ketones (excluding diaryl/α,β-unsaturated/α-hetero) is 3. The van der Waals surface area contributed by atoms with Gasteiger partial charge in [-0.05, 0) is 176 Å². The molecule has 380 valence electrons. The maximum Gasteiger partial charge on any atom is 0.206 e. The SMILES string of the molecule is C/C1=C2\CC\C2=C\C/C(C)=C/CC1.C=C(CC(C)C)C1=C(O)C(CC=C(C)C)=C(O)C(O)(CC=C(C)C)C1=O.CC(C)=CCC1=C(O)C(CC=C(C)C)(CC=C(C)C)C(=O)C(C(=O)CC(C)C)=C1O. The van der Waals surface area contributed by atoms with Gasteiger partial charge >= 0.3 is 0 Å². The molecular weight excluding hydrogens is 861 g/mol. The molecule has 1 atom stereocenters. The minimum atomic E-state index is -2.08. The van der Waals surface area contributed by atoms with Crippen molar-refractivity contribution in [2.75, 3.05) is 0 Å². The predicted octanol–water partition coefficient (Wildman–Crippen LogP) is 16.3. The van der Waals surface area contributed by atoms with Crippen LogP contribution >= 0.6 is 0 Å². The lowest BCUT2D eigenvalue weighted by atomic mass is 9.66. The monoisotopic (exact) mass is 949 g/mol. The first-order valence-corrected chi connectivity index (χ1v) is 25.0. The molecule has 5 N–H and O–H groups in total. The van der Waals surface area contributed by atoms with E-state index in [1.54, 1.807) is 22.8 Å². The highest BCUT2D eigenvalue weighted by atomic mass is 16.3. The average Bonchev–Trinajstić information content (AvgIpc) is 3.25. The van der Waals surface area contributed by atoms with E-state index < -0.39 is 28.3 Å². The summed E-state index contributed by atoms with van der Waals surface area (Å²) in [7, 11) is 0. The Morgan fingerprint density at radius 2 is 1.09 bits per heavy atom. The van der Waals surface area contributed by atoms with Gasteiger partial charge in [0.05, 0.1) is 11.0 Å². The van der Waals surface area contributed by atoms with Crippen LogP contribution in [0.2, 0.25) is 0 Å². The number of carbonyl (C=O) groups excluding carboxylic acids is 3. The van der Waals surface area contributed by atoms with Gasteiger partial charge < -0.3 is 25.5 Å². The Kier molecular flexibility index (Phi) is 23.2. The fourth-order valence-electron chi connectivity index (χ4n) is 8.51. The first kappa shape index (κ1) is 59.9. The van der Waals surface area contributed by atoms with Crippen molar-refractivity contribution in [1.82, 2.24) is 0 Å². The molecule has 0 bridgehead atoms. The molecule has 0 radical (unpaired) electrons. The predicted molar refractivity (Wildman–Crippen MR) is 287 cm³/mol. The Morgan fingerprint density at radius 3 is 1.54 bits per heavy atom. The third-order valence-electron chi connectivity index (χ3n) is 12.8. The van der Waals surface area contributed by atoms with E-state index in [-0.39, 0.29) is 95.7 Å². The second kappa shape index (κ2) is 26.7. The van der Waals surface area contributed by atoms with Crippen LogP contribution in [0.3, 0.4) is 0 Å². The molecule has 0 spiro atoms. The first-order valence-electron chi connectivity index (χ1n) is 25.0. The minimum Gasteiger partial charge on any atom is -0.511 e. The van der Waals surface area contributed by atoms with Crippen molar-refractivity contribution in [2.24, 2.45) is 17.3 Å². The number of aliphatic hydroxyl groups excluding tert-OH is 4. The Morgan fingerprint density at radius 1 is 0.623 bits per heavy atom. The van der Waals surface area contributed by atoms with Gasteiger partial charge in [-0.3, -0.25) is 14.4 Å². The molecule has 0 aromatic heterocycles. The molecule has 0 aliphatic heterocycles. The van der Waals surface area contributed by atoms with Crippen molar-refractivity contribution < 1.29 is 39.9 Å². The highest BCUT2D eigenvalue weighted by molar-refractivity contribution is 6.24. The number of ketones is 3. The van der Waals surface area contributed by atoms with E-state index in [4.69, 9.17) is 0 Å². The molecule has 4 aliphatic carbocycles. The summed E-state index contributed by atoms with van der Waals surface area (Å²) in [6.45, 7) is 35.4. The van der Waals surface area contributed by atoms with Gasteiger partial charge in [0.2, 0.25) is 5.78 Å². The molecule has 1 unspecified atom stereocenters. The molecule has 0 heterocycles. The molecule has 0 aromatic rings. The molecule has 4 rings (SSSR count). The number of hydrogen-bond donors (Lipinski definition) is 5. The topological polar surface area (TPSA) is 152 Å². The summed E-state index contributed by atoms with van der Waals surface area (Å²) in [6, 6.07) is 0. The van der Waals surface area contributed by atoms with Crippen molar-refractivity contribution in [3.8, 4) is 0 Å². The van der Waals surface area contributed by atoms with Crippen LogP contribution in [-0.2, 0) is 14.4 Å². The zero-order chi connectivity index (χ0) is 52.7. The van der Waals surface area contributed by atoms with E-state index in [2.05, 4.69) is 32.6 Å². The Hall–Kier alpha value is -5.21. The lowest BCUT2D eigenvalue weighted by Crippen LogP contribution is -2.45. The standard InChI is InChI=1S/C26H38O4.C22H32O4.C13H18/c1-16(2)9-10-20-23(28)22(21(27)15-19(7)8)25(30)26(24(20)29,13-11-17(3)4)14-12-18(5)6;1-13(2)8-9-17-19(23)18(16(7)12-15(5)6)21(25)22(26,20(17)24)11-10-14(3)4;1-10-4-3-5-11(2)13-9-8-12(13)7-6-10/h9,11-12,19,28-29H,10,13-15H2,1-8H3;8,10,15,23-24,26H,7,9,11-12H2,1-6H3;4,7H,3,5-6,8-9H2,1-2H3/b;;10-4+,12-7-,13-11-. The molecule has 1 saturated carbocycles. The summed E-state index contributed by atoms with van der Waals surface area (Å²) in [5.41, 5.74) is 8.87. The lowest BCUT2D eigenvalue weighted by Gasteiger charge is -2.36. The number of rotatable bonds is 16. The molecule has 0 aromatic carbocycles. The fourth-order valence-corrected chi connectivity index (χ4v) is 8.51. The van der Waals surface area contributed by atoms with Gasteiger partial charge in [0.25, 0.3) is 0 Å². The summed E-state index contributed by atoms with van der Waals surface area (Å²) < 4.78 is 0. The van der Waals surface area contributed by atoms with Gasteiger partial charge in [-0.2, -0.15) is 0 Å². The zero-order valence-corrected chi connectivity index (χ0v) is 45.3. The van der Waals surface area contributed by atoms with Crippen molar-refractivity contribution in [2.45, 2.75) is 193 Å². The second-order valence-electron chi connectivity index (χ2n) is 21.6. The summed E-state index contributed by atoms with van der Waals surface area (Å²) in [6.07, 6.45) is 22.1. The van der Waals surface area contributed by atoms with Gasteiger partial charge in [-0.15, -0.1) is 0 Å². The third-order valence-corrected chi connectivity index (χ3v) is 12.8. The van der Waals surface area contributed by atoms with Crippen LogP contribution in [0.15, 0.2) is 150 Å². The van der Waals surface area contributed by atoms with Gasteiger partial charge in [0.1, 0.15) is 28.6 Å². The summed E-state index contributed by atoms with van der Waals surface area (Å²) >= 11 is 0. The Bertz CT molecular complexity index is 2320. The average molecular weight is 949 g/mol. The lowest BCUT2D eigenvalue weighted by molar-refractivity contribution is -0.132. The van der Waals surface area contributed by atoms with Crippen molar-refractivity contribution >= 4 is 17.3 Å². The normalized spacial score (nSPS) is 21.6. The smallest absolute Gasteiger partial charge is 0.206 e. The number of allylic oxidation sites excluding steroid dienone is 20. The van der Waals surface area contributed by atoms with Gasteiger partial charge in [-0.25, -0.2) is 0 Å². The van der Waals surface area contributed by atoms with E-state index in [1.165, 1.54) is 37.7 Å². The van der Waals surface area contributed by atoms with E-state index in [0.29, 0.717) is 12.0 Å². The zero-order valence-electron chi connectivity index (χ0n) is 45.3. The van der Waals surface area contributed by atoms with E-state index in [0.717, 1.165) is 27.9 Å². The van der Waals surface area contributed by atoms with Gasteiger partial charge in [0.15, 0.2) is 17.2 Å². The molecule has 1 fully saturated rings. The maximum atomic E-state index is 13.7. The molecule has 4 aliphatic rings. The van der Waals surface area contributed by atoms with E-state index in [9.17, 15) is 39.9 Å². The van der Waals surface area contributed by atoms with Crippen LogP contribution in [0.5, 0.6) is 0 Å². The summed E-state index contributed by atoms with van der Waals surface area (Å²) in [4.78, 5) is 39.7. The molecule has 0 amide bonds. The number of fused-ring (bicyclic) bond motifs is 1. The fraction of sp³-hybridized carbons (Fsp3) is 0.525. The van der Waals surface area contributed by atoms with E-state index in [1.807, 2.05) is 121 Å². The Labute approximate surface area is 416 Å². The largest absolute Gasteiger partial charge is 0.511 e. The van der Waals surface area contributed by atoms with Crippen LogP contribution in [0.25, 0.3) is 0 Å². The van der Waals surface area contributed by atoms with Crippen molar-refractivity contribution in [3.05, 3.63) is 150 Å². The van der Waals surface area contributed by atoms with Crippen molar-refractivity contribution in [3.63, 3.8) is 0 Å². The molecule has 8 nitrogen and oxygen atoms in total. The number of carbonyl (C=O) groups is 3. The van der Waals surface area contributed by atoms with Crippen LogP contribution in [0.4, 0.5) is 0 Å². The van der Waals surface area contributed by atoms with Gasteiger partial charge in [0, 0.05) is 24.0 Å². The van der Waals surface area contributed by atoms with Crippen LogP contribution in [-0.4, -0.2) is 48.5 Å². The van der Waals surface area contributed by atoms with Crippen LogP contribution < -0.4 is 0 Å². The molecule has 8 heteroatoms. The summed E-state index contributed by atoms with van der Waals surface area (Å²) in [5, 5.41) is 54.6. The quantitative estimate of drug-likeness (QED) is 0.0757. The maximum absolute atomic E-state index is 13.7. The Balaban J connectivity index is 0.000000379. The first-order chi connectivity index (χ1) is 32.0. The number of hydrogen-bond acceptors (Lipinski definition) is 8. The molecular formula is C61H88O8. The van der Waals surface area contributed by atoms with Crippen LogP contribution in [0.1, 0.15) is 188 Å². The third kappa shape index (κ3) is 16.4. The molecule has 0 saturated heterocycles. The van der Waals surface area contributed by atoms with Gasteiger partial charge in [-0.1, -0.05) is 116 Å². The minimum absolute atomic E-state index is 0.0262. The molecule has 69 heavy (non-hydrogen) atoms. The summed E-state index contributed by atoms with van der Waals surface area (Å²) in [5.74, 6) is -2.51.